The molecule has 0 saturated heterocycles. The van der Waals surface area contributed by atoms with E-state index in [-0.39, 0.29) is 0 Å². The molecule has 1 aromatic rings. The van der Waals surface area contributed by atoms with Gasteiger partial charge in [-0.3, -0.25) is 0 Å². The van der Waals surface area contributed by atoms with Crippen molar-refractivity contribution in [3.8, 4) is 0 Å². The lowest BCUT2D eigenvalue weighted by Crippen LogP contribution is -2.13. The third kappa shape index (κ3) is 5.53. The zero-order valence-corrected chi connectivity index (χ0v) is 11.0. The number of methoxy groups -OCH3 is 1. The van der Waals surface area contributed by atoms with Crippen molar-refractivity contribution in [1.29, 1.82) is 0 Å². The van der Waals surface area contributed by atoms with Gasteiger partial charge in [-0.2, -0.15) is 0 Å². The Morgan fingerprint density at radius 1 is 1.19 bits per heavy atom. The molecule has 16 heavy (non-hydrogen) atoms. The molecule has 0 aliphatic heterocycles. The van der Waals surface area contributed by atoms with E-state index >= 15 is 0 Å². The molecular weight excluding hydrogens is 220 g/mol. The number of ether oxygens (including phenoxy) is 1. The molecule has 2 heteroatoms. The summed E-state index contributed by atoms with van der Waals surface area (Å²) in [5.74, 6) is 0. The first-order chi connectivity index (χ1) is 7.72. The highest BCUT2D eigenvalue weighted by atomic mass is 35.5. The van der Waals surface area contributed by atoms with Gasteiger partial charge in [-0.25, -0.2) is 0 Å². The summed E-state index contributed by atoms with van der Waals surface area (Å²) < 4.78 is 5.19. The monoisotopic (exact) mass is 240 g/mol. The fourth-order valence-electron chi connectivity index (χ4n) is 1.91. The molecule has 0 atom stereocenters. The maximum Gasteiger partial charge on any atom is 0.0571 e. The molecule has 0 bridgehead atoms. The second-order valence-electron chi connectivity index (χ2n) is 4.29. The van der Waals surface area contributed by atoms with Crippen LogP contribution in [0.25, 0.3) is 0 Å². The van der Waals surface area contributed by atoms with E-state index in [1.165, 1.54) is 37.7 Å². The Labute approximate surface area is 104 Å². The van der Waals surface area contributed by atoms with Crippen LogP contribution >= 0.6 is 11.6 Å². The van der Waals surface area contributed by atoms with Crippen LogP contribution in [0.4, 0.5) is 0 Å². The SMILES string of the molecule is COC1CCCCC1.Cc1cccc(Cl)c1. The van der Waals surface area contributed by atoms with Crippen LogP contribution in [0.5, 0.6) is 0 Å². The van der Waals surface area contributed by atoms with E-state index in [1.54, 1.807) is 0 Å². The molecule has 2 rings (SSSR count). The van der Waals surface area contributed by atoms with Gasteiger partial charge >= 0.3 is 0 Å². The van der Waals surface area contributed by atoms with Crippen molar-refractivity contribution in [2.24, 2.45) is 0 Å². The Bertz CT molecular complexity index is 275. The highest BCUT2D eigenvalue weighted by Crippen LogP contribution is 2.19. The largest absolute Gasteiger partial charge is 0.381 e. The normalized spacial score (nSPS) is 16.4. The molecule has 0 heterocycles. The van der Waals surface area contributed by atoms with E-state index in [0.717, 1.165) is 5.02 Å². The number of hydrogen-bond acceptors (Lipinski definition) is 1. The third-order valence-electron chi connectivity index (χ3n) is 2.87. The van der Waals surface area contributed by atoms with Gasteiger partial charge in [0.1, 0.15) is 0 Å². The Kier molecular flexibility index (Phi) is 6.51. The first kappa shape index (κ1) is 13.5. The summed E-state index contributed by atoms with van der Waals surface area (Å²) in [5.41, 5.74) is 1.21. The van der Waals surface area contributed by atoms with Crippen molar-refractivity contribution in [3.63, 3.8) is 0 Å². The molecule has 1 nitrogen and oxygen atoms in total. The Morgan fingerprint density at radius 3 is 2.25 bits per heavy atom. The second-order valence-corrected chi connectivity index (χ2v) is 4.73. The molecule has 1 aliphatic carbocycles. The van der Waals surface area contributed by atoms with Crippen LogP contribution < -0.4 is 0 Å². The van der Waals surface area contributed by atoms with Gasteiger partial charge in [0.25, 0.3) is 0 Å². The lowest BCUT2D eigenvalue weighted by molar-refractivity contribution is 0.0710. The second kappa shape index (κ2) is 7.70. The van der Waals surface area contributed by atoms with Crippen molar-refractivity contribution in [2.75, 3.05) is 7.11 Å². The quantitative estimate of drug-likeness (QED) is 0.696. The number of hydrogen-bond donors (Lipinski definition) is 0. The average Bonchev–Trinajstić information content (AvgIpc) is 2.31. The lowest BCUT2D eigenvalue weighted by atomic mass is 9.98. The van der Waals surface area contributed by atoms with Crippen LogP contribution in [0.2, 0.25) is 5.02 Å². The number of halogens is 1. The van der Waals surface area contributed by atoms with Gasteiger partial charge < -0.3 is 4.74 Å². The standard InChI is InChI=1S/C7H7Cl.C7H14O/c1-6-3-2-4-7(8)5-6;1-8-7-5-3-2-4-6-7/h2-5H,1H3;7H,2-6H2,1H3. The van der Waals surface area contributed by atoms with Crippen LogP contribution in [-0.2, 0) is 4.74 Å². The summed E-state index contributed by atoms with van der Waals surface area (Å²) in [7, 11) is 1.82. The molecule has 0 spiro atoms. The Balaban J connectivity index is 0.000000160. The summed E-state index contributed by atoms with van der Waals surface area (Å²) in [6, 6.07) is 7.76. The summed E-state index contributed by atoms with van der Waals surface area (Å²) in [6.07, 6.45) is 7.33. The summed E-state index contributed by atoms with van der Waals surface area (Å²) in [5, 5.41) is 0.810. The predicted molar refractivity (Wildman–Crippen MR) is 70.1 cm³/mol. The highest BCUT2D eigenvalue weighted by molar-refractivity contribution is 6.30. The molecule has 0 unspecified atom stereocenters. The zero-order valence-electron chi connectivity index (χ0n) is 10.2. The van der Waals surface area contributed by atoms with E-state index in [9.17, 15) is 0 Å². The summed E-state index contributed by atoms with van der Waals surface area (Å²) in [4.78, 5) is 0. The molecule has 0 aromatic heterocycles. The topological polar surface area (TPSA) is 9.23 Å². The molecule has 1 fully saturated rings. The minimum atomic E-state index is 0.587. The molecule has 0 amide bonds. The van der Waals surface area contributed by atoms with Gasteiger partial charge in [0.2, 0.25) is 0 Å². The molecule has 1 saturated carbocycles. The minimum Gasteiger partial charge on any atom is -0.381 e. The fraction of sp³-hybridized carbons (Fsp3) is 0.571. The van der Waals surface area contributed by atoms with Crippen molar-refractivity contribution in [1.82, 2.24) is 0 Å². The van der Waals surface area contributed by atoms with Gasteiger partial charge in [0.05, 0.1) is 6.10 Å². The van der Waals surface area contributed by atoms with Crippen LogP contribution in [0, 0.1) is 6.92 Å². The first-order valence-electron chi connectivity index (χ1n) is 5.97. The van der Waals surface area contributed by atoms with E-state index in [1.807, 2.05) is 38.3 Å². The molecule has 0 N–H and O–H groups in total. The average molecular weight is 241 g/mol. The first-order valence-corrected chi connectivity index (χ1v) is 6.35. The van der Waals surface area contributed by atoms with Gasteiger partial charge in [-0.1, -0.05) is 43.0 Å². The molecule has 1 aliphatic rings. The maximum absolute atomic E-state index is 5.64. The lowest BCUT2D eigenvalue weighted by Gasteiger charge is -2.19. The molecule has 0 radical (unpaired) electrons. The van der Waals surface area contributed by atoms with Gasteiger partial charge in [0.15, 0.2) is 0 Å². The molecular formula is C14H21ClO. The summed E-state index contributed by atoms with van der Waals surface area (Å²) >= 11 is 5.64. The number of rotatable bonds is 1. The van der Waals surface area contributed by atoms with E-state index < -0.39 is 0 Å². The summed E-state index contributed by atoms with van der Waals surface area (Å²) in [6.45, 7) is 2.02. The predicted octanol–water partition coefficient (Wildman–Crippen LogP) is 4.61. The van der Waals surface area contributed by atoms with Crippen molar-refractivity contribution < 1.29 is 4.74 Å². The maximum atomic E-state index is 5.64. The minimum absolute atomic E-state index is 0.587. The van der Waals surface area contributed by atoms with Crippen molar-refractivity contribution in [2.45, 2.75) is 45.1 Å². The van der Waals surface area contributed by atoms with Gasteiger partial charge in [0, 0.05) is 12.1 Å². The Hall–Kier alpha value is -0.530. The van der Waals surface area contributed by atoms with Gasteiger partial charge in [-0.15, -0.1) is 0 Å². The molecule has 1 aromatic carbocycles. The van der Waals surface area contributed by atoms with Crippen LogP contribution in [0.1, 0.15) is 37.7 Å². The van der Waals surface area contributed by atoms with E-state index in [2.05, 4.69) is 0 Å². The fourth-order valence-corrected chi connectivity index (χ4v) is 2.15. The van der Waals surface area contributed by atoms with E-state index in [0.29, 0.717) is 6.10 Å². The highest BCUT2D eigenvalue weighted by Gasteiger charge is 2.10. The Morgan fingerprint density at radius 2 is 1.88 bits per heavy atom. The van der Waals surface area contributed by atoms with Crippen LogP contribution in [0.3, 0.4) is 0 Å². The molecule has 90 valence electrons. The smallest absolute Gasteiger partial charge is 0.0571 e. The van der Waals surface area contributed by atoms with Crippen molar-refractivity contribution in [3.05, 3.63) is 34.9 Å². The zero-order chi connectivity index (χ0) is 11.8. The van der Waals surface area contributed by atoms with Gasteiger partial charge in [-0.05, 0) is 37.5 Å². The number of aryl methyl sites for hydroxylation is 1. The number of benzene rings is 1. The van der Waals surface area contributed by atoms with Crippen LogP contribution in [0.15, 0.2) is 24.3 Å². The van der Waals surface area contributed by atoms with E-state index in [4.69, 9.17) is 16.3 Å². The van der Waals surface area contributed by atoms with Crippen molar-refractivity contribution >= 4 is 11.6 Å². The third-order valence-corrected chi connectivity index (χ3v) is 3.10. The van der Waals surface area contributed by atoms with Crippen LogP contribution in [-0.4, -0.2) is 13.2 Å².